The second kappa shape index (κ2) is 7.94. The fraction of sp³-hybridized carbons (Fsp3) is 0.652. The number of likely N-dealkylation sites (tertiary alicyclic amines) is 1. The highest BCUT2D eigenvalue weighted by molar-refractivity contribution is 5.17. The second-order valence-electron chi connectivity index (χ2n) is 8.66. The molecule has 25 heavy (non-hydrogen) atoms. The van der Waals surface area contributed by atoms with E-state index in [4.69, 9.17) is 4.74 Å². The van der Waals surface area contributed by atoms with Crippen molar-refractivity contribution in [3.63, 3.8) is 0 Å². The Labute approximate surface area is 153 Å². The van der Waals surface area contributed by atoms with Crippen molar-refractivity contribution in [3.8, 4) is 11.8 Å². The standard InChI is InChI=1S/C23H33NO/c1-22(2)13-7-14-23(3,25-22)15-8-16-24-17-11-21(12-18-24)19-20-9-5-4-6-10-20/h4-6,9-10,21H,7,11-14,16-19H2,1-3H3/t23-/m1/s1. The van der Waals surface area contributed by atoms with Gasteiger partial charge in [0.25, 0.3) is 0 Å². The minimum Gasteiger partial charge on any atom is -0.357 e. The molecule has 0 spiro atoms. The molecule has 0 radical (unpaired) electrons. The van der Waals surface area contributed by atoms with Crippen LogP contribution in [0.25, 0.3) is 0 Å². The third kappa shape index (κ3) is 5.59. The summed E-state index contributed by atoms with van der Waals surface area (Å²) >= 11 is 0. The minimum atomic E-state index is -0.257. The van der Waals surface area contributed by atoms with Crippen LogP contribution in [0.5, 0.6) is 0 Å². The fourth-order valence-corrected chi connectivity index (χ4v) is 4.29. The molecule has 136 valence electrons. The van der Waals surface area contributed by atoms with Crippen LogP contribution < -0.4 is 0 Å². The van der Waals surface area contributed by atoms with Crippen molar-refractivity contribution < 1.29 is 4.74 Å². The normalized spacial score (nSPS) is 27.5. The van der Waals surface area contributed by atoms with Gasteiger partial charge in [-0.2, -0.15) is 0 Å². The molecular formula is C23H33NO. The first-order valence-corrected chi connectivity index (χ1v) is 9.91. The summed E-state index contributed by atoms with van der Waals surface area (Å²) in [6.45, 7) is 9.77. The van der Waals surface area contributed by atoms with Crippen molar-refractivity contribution in [2.24, 2.45) is 5.92 Å². The lowest BCUT2D eigenvalue weighted by atomic mass is 9.88. The van der Waals surface area contributed by atoms with Gasteiger partial charge in [0.1, 0.15) is 5.60 Å². The van der Waals surface area contributed by atoms with Crippen LogP contribution in [0.4, 0.5) is 0 Å². The molecule has 0 aliphatic carbocycles. The van der Waals surface area contributed by atoms with Crippen LogP contribution in [-0.4, -0.2) is 35.7 Å². The molecule has 0 N–H and O–H groups in total. The lowest BCUT2D eigenvalue weighted by molar-refractivity contribution is -0.135. The summed E-state index contributed by atoms with van der Waals surface area (Å²) in [6.07, 6.45) is 7.21. The lowest BCUT2D eigenvalue weighted by Gasteiger charge is -2.40. The highest BCUT2D eigenvalue weighted by atomic mass is 16.5. The van der Waals surface area contributed by atoms with E-state index >= 15 is 0 Å². The topological polar surface area (TPSA) is 12.5 Å². The van der Waals surface area contributed by atoms with Crippen LogP contribution in [0.1, 0.15) is 58.4 Å². The third-order valence-corrected chi connectivity index (χ3v) is 5.66. The quantitative estimate of drug-likeness (QED) is 0.741. The first kappa shape index (κ1) is 18.5. The van der Waals surface area contributed by atoms with Crippen LogP contribution in [0.15, 0.2) is 30.3 Å². The van der Waals surface area contributed by atoms with Gasteiger partial charge in [0.05, 0.1) is 12.1 Å². The lowest BCUT2D eigenvalue weighted by Crippen LogP contribution is -2.42. The maximum absolute atomic E-state index is 6.24. The van der Waals surface area contributed by atoms with E-state index in [0.717, 1.165) is 25.3 Å². The van der Waals surface area contributed by atoms with Gasteiger partial charge >= 0.3 is 0 Å². The number of benzene rings is 1. The van der Waals surface area contributed by atoms with Gasteiger partial charge in [-0.3, -0.25) is 4.90 Å². The van der Waals surface area contributed by atoms with E-state index in [1.807, 2.05) is 0 Å². The van der Waals surface area contributed by atoms with Crippen molar-refractivity contribution >= 4 is 0 Å². The number of ether oxygens (including phenoxy) is 1. The first-order valence-electron chi connectivity index (χ1n) is 9.91. The Bertz CT molecular complexity index is 604. The Morgan fingerprint density at radius 1 is 1.08 bits per heavy atom. The maximum Gasteiger partial charge on any atom is 0.126 e. The summed E-state index contributed by atoms with van der Waals surface area (Å²) in [6, 6.07) is 10.9. The van der Waals surface area contributed by atoms with Gasteiger partial charge in [-0.15, -0.1) is 0 Å². The molecule has 2 heterocycles. The number of hydrogen-bond acceptors (Lipinski definition) is 2. The number of nitrogens with zero attached hydrogens (tertiary/aromatic N) is 1. The molecule has 3 rings (SSSR count). The molecule has 2 fully saturated rings. The van der Waals surface area contributed by atoms with Gasteiger partial charge in [-0.25, -0.2) is 0 Å². The molecule has 0 amide bonds. The molecule has 2 nitrogen and oxygen atoms in total. The van der Waals surface area contributed by atoms with E-state index in [2.05, 4.69) is 67.8 Å². The van der Waals surface area contributed by atoms with E-state index in [1.165, 1.54) is 44.3 Å². The van der Waals surface area contributed by atoms with Gasteiger partial charge in [0, 0.05) is 0 Å². The molecule has 0 saturated carbocycles. The molecule has 1 aromatic rings. The predicted octanol–water partition coefficient (Wildman–Crippen LogP) is 4.68. The van der Waals surface area contributed by atoms with E-state index in [0.29, 0.717) is 0 Å². The highest BCUT2D eigenvalue weighted by Gasteiger charge is 2.35. The van der Waals surface area contributed by atoms with Crippen molar-refractivity contribution in [3.05, 3.63) is 35.9 Å². The van der Waals surface area contributed by atoms with Crippen LogP contribution in [0, 0.1) is 17.8 Å². The first-order chi connectivity index (χ1) is 11.9. The van der Waals surface area contributed by atoms with E-state index in [9.17, 15) is 0 Å². The van der Waals surface area contributed by atoms with Gasteiger partial charge in [0.2, 0.25) is 0 Å². The average Bonchev–Trinajstić information content (AvgIpc) is 2.56. The highest BCUT2D eigenvalue weighted by Crippen LogP contribution is 2.34. The molecule has 2 aliphatic rings. The summed E-state index contributed by atoms with van der Waals surface area (Å²) in [4.78, 5) is 2.51. The van der Waals surface area contributed by atoms with E-state index < -0.39 is 0 Å². The second-order valence-corrected chi connectivity index (χ2v) is 8.66. The minimum absolute atomic E-state index is 0.0303. The Morgan fingerprint density at radius 2 is 1.80 bits per heavy atom. The molecule has 0 bridgehead atoms. The maximum atomic E-state index is 6.24. The zero-order chi connectivity index (χ0) is 17.8. The van der Waals surface area contributed by atoms with E-state index in [-0.39, 0.29) is 11.2 Å². The summed E-state index contributed by atoms with van der Waals surface area (Å²) in [7, 11) is 0. The summed E-state index contributed by atoms with van der Waals surface area (Å²) in [5.41, 5.74) is 1.19. The predicted molar refractivity (Wildman–Crippen MR) is 105 cm³/mol. The Balaban J connectivity index is 1.44. The van der Waals surface area contributed by atoms with Crippen LogP contribution in [0.3, 0.4) is 0 Å². The monoisotopic (exact) mass is 339 g/mol. The largest absolute Gasteiger partial charge is 0.357 e. The van der Waals surface area contributed by atoms with Crippen LogP contribution in [-0.2, 0) is 11.2 Å². The number of piperidine rings is 1. The Kier molecular flexibility index (Phi) is 5.87. The van der Waals surface area contributed by atoms with E-state index in [1.54, 1.807) is 0 Å². The molecular weight excluding hydrogens is 306 g/mol. The van der Waals surface area contributed by atoms with Crippen LogP contribution in [0.2, 0.25) is 0 Å². The average molecular weight is 340 g/mol. The molecule has 2 saturated heterocycles. The Hall–Kier alpha value is -1.30. The zero-order valence-electron chi connectivity index (χ0n) is 16.2. The molecule has 2 aliphatic heterocycles. The number of rotatable bonds is 3. The number of hydrogen-bond donors (Lipinski definition) is 0. The van der Waals surface area contributed by atoms with Crippen molar-refractivity contribution in [1.82, 2.24) is 4.90 Å². The van der Waals surface area contributed by atoms with Crippen molar-refractivity contribution in [1.29, 1.82) is 0 Å². The van der Waals surface area contributed by atoms with Gasteiger partial charge < -0.3 is 4.74 Å². The van der Waals surface area contributed by atoms with Crippen LogP contribution >= 0.6 is 0 Å². The Morgan fingerprint density at radius 3 is 2.48 bits per heavy atom. The summed E-state index contributed by atoms with van der Waals surface area (Å²) in [5.74, 6) is 7.68. The SMILES string of the molecule is CC1(C)CCC[C@](C)(C#CCN2CCC(Cc3ccccc3)CC2)O1. The van der Waals surface area contributed by atoms with Gasteiger partial charge in [-0.05, 0) is 83.9 Å². The van der Waals surface area contributed by atoms with Crippen molar-refractivity contribution in [2.45, 2.75) is 70.5 Å². The molecule has 2 heteroatoms. The van der Waals surface area contributed by atoms with Crippen molar-refractivity contribution in [2.75, 3.05) is 19.6 Å². The summed E-state index contributed by atoms with van der Waals surface area (Å²) in [5, 5.41) is 0. The molecule has 1 atom stereocenters. The third-order valence-electron chi connectivity index (χ3n) is 5.66. The smallest absolute Gasteiger partial charge is 0.126 e. The van der Waals surface area contributed by atoms with Gasteiger partial charge in [-0.1, -0.05) is 42.2 Å². The molecule has 1 aromatic carbocycles. The summed E-state index contributed by atoms with van der Waals surface area (Å²) < 4.78 is 6.24. The molecule has 0 unspecified atom stereocenters. The molecule has 0 aromatic heterocycles. The van der Waals surface area contributed by atoms with Gasteiger partial charge in [0.15, 0.2) is 0 Å². The fourth-order valence-electron chi connectivity index (χ4n) is 4.29. The zero-order valence-corrected chi connectivity index (χ0v) is 16.2.